The molecular weight excluding hydrogens is 150 g/mol. The number of rotatable bonds is 1. The van der Waals surface area contributed by atoms with Gasteiger partial charge in [-0.2, -0.15) is 0 Å². The maximum atomic E-state index is 10.8. The third-order valence-corrected chi connectivity index (χ3v) is 2.95. The molecule has 0 aliphatic carbocycles. The van der Waals surface area contributed by atoms with Crippen LogP contribution in [0.4, 0.5) is 0 Å². The van der Waals surface area contributed by atoms with E-state index in [0.717, 1.165) is 0 Å². The first-order valence-corrected chi connectivity index (χ1v) is 4.80. The molecule has 4 heteroatoms. The first-order chi connectivity index (χ1) is 4.51. The largest absolute Gasteiger partial charge is 0.302 e. The predicted octanol–water partition coefficient (Wildman–Crippen LogP) is -0.141. The van der Waals surface area contributed by atoms with E-state index in [2.05, 4.69) is 0 Å². The van der Waals surface area contributed by atoms with Crippen LogP contribution in [0.3, 0.4) is 0 Å². The van der Waals surface area contributed by atoms with Crippen LogP contribution < -0.4 is 0 Å². The highest BCUT2D eigenvalue weighted by atomic mass is 32.2. The summed E-state index contributed by atoms with van der Waals surface area (Å²) in [6.45, 7) is 0. The Kier molecular flexibility index (Phi) is 1.83. The Bertz CT molecular complexity index is 240. The van der Waals surface area contributed by atoms with Gasteiger partial charge in [-0.05, 0) is 14.1 Å². The molecule has 0 N–H and O–H groups in total. The number of nitrogens with zero attached hydrogens (tertiary/aromatic N) is 1. The molecular formula is C6H11NO2S. The van der Waals surface area contributed by atoms with Crippen LogP contribution >= 0.6 is 0 Å². The van der Waals surface area contributed by atoms with Crippen molar-refractivity contribution < 1.29 is 8.42 Å². The Balaban J connectivity index is 2.72. The van der Waals surface area contributed by atoms with Crippen molar-refractivity contribution in [2.24, 2.45) is 0 Å². The zero-order valence-corrected chi connectivity index (χ0v) is 6.93. The molecule has 1 atom stereocenters. The second-order valence-electron chi connectivity index (χ2n) is 2.69. The highest BCUT2D eigenvalue weighted by Gasteiger charge is 2.22. The zero-order chi connectivity index (χ0) is 7.78. The minimum absolute atomic E-state index is 0.0741. The summed E-state index contributed by atoms with van der Waals surface area (Å²) < 4.78 is 21.7. The molecule has 1 rings (SSSR count). The molecule has 1 aliphatic heterocycles. The van der Waals surface area contributed by atoms with Crippen molar-refractivity contribution in [1.29, 1.82) is 0 Å². The van der Waals surface area contributed by atoms with Gasteiger partial charge in [-0.25, -0.2) is 8.42 Å². The van der Waals surface area contributed by atoms with Crippen LogP contribution in [0.15, 0.2) is 11.5 Å². The lowest BCUT2D eigenvalue weighted by Crippen LogP contribution is -2.28. The molecule has 0 saturated heterocycles. The maximum absolute atomic E-state index is 10.8. The molecule has 0 saturated carbocycles. The summed E-state index contributed by atoms with van der Waals surface area (Å²) in [4.78, 5) is 1.89. The van der Waals surface area contributed by atoms with E-state index in [1.54, 1.807) is 6.08 Å². The fourth-order valence-corrected chi connectivity index (χ4v) is 2.30. The van der Waals surface area contributed by atoms with E-state index in [1.165, 1.54) is 5.41 Å². The van der Waals surface area contributed by atoms with Crippen molar-refractivity contribution in [3.63, 3.8) is 0 Å². The quantitative estimate of drug-likeness (QED) is 0.537. The molecule has 1 heterocycles. The van der Waals surface area contributed by atoms with Crippen molar-refractivity contribution in [2.45, 2.75) is 6.04 Å². The van der Waals surface area contributed by atoms with Crippen LogP contribution in [-0.4, -0.2) is 39.2 Å². The summed E-state index contributed by atoms with van der Waals surface area (Å²) in [5, 5.41) is 1.29. The van der Waals surface area contributed by atoms with Gasteiger partial charge in [0, 0.05) is 11.4 Å². The van der Waals surface area contributed by atoms with E-state index >= 15 is 0 Å². The van der Waals surface area contributed by atoms with Crippen molar-refractivity contribution in [1.82, 2.24) is 4.90 Å². The first kappa shape index (κ1) is 7.75. The van der Waals surface area contributed by atoms with Gasteiger partial charge in [-0.3, -0.25) is 0 Å². The Morgan fingerprint density at radius 1 is 1.50 bits per heavy atom. The minimum atomic E-state index is -2.86. The number of hydrogen-bond donors (Lipinski definition) is 0. The summed E-state index contributed by atoms with van der Waals surface area (Å²) in [5.74, 6) is 0.236. The van der Waals surface area contributed by atoms with Crippen LogP contribution in [-0.2, 0) is 9.84 Å². The smallest absolute Gasteiger partial charge is 0.173 e. The van der Waals surface area contributed by atoms with Gasteiger partial charge in [0.2, 0.25) is 0 Å². The number of sulfone groups is 1. The first-order valence-electron chi connectivity index (χ1n) is 3.09. The summed E-state index contributed by atoms with van der Waals surface area (Å²) in [5.41, 5.74) is 0. The van der Waals surface area contributed by atoms with Gasteiger partial charge >= 0.3 is 0 Å². The normalized spacial score (nSPS) is 29.7. The Morgan fingerprint density at radius 2 is 2.10 bits per heavy atom. The molecule has 10 heavy (non-hydrogen) atoms. The lowest BCUT2D eigenvalue weighted by molar-refractivity contribution is 0.368. The SMILES string of the molecule is CN(C)[C@@H]1C=CS(=O)(=O)C1. The molecule has 0 unspecified atom stereocenters. The molecule has 0 aromatic rings. The second-order valence-corrected chi connectivity index (χ2v) is 4.62. The minimum Gasteiger partial charge on any atom is -0.302 e. The fourth-order valence-electron chi connectivity index (χ4n) is 0.881. The molecule has 0 spiro atoms. The maximum Gasteiger partial charge on any atom is 0.173 e. The summed E-state index contributed by atoms with van der Waals surface area (Å²) in [7, 11) is 0.879. The monoisotopic (exact) mass is 161 g/mol. The zero-order valence-electron chi connectivity index (χ0n) is 6.11. The van der Waals surface area contributed by atoms with Gasteiger partial charge in [-0.15, -0.1) is 0 Å². The second kappa shape index (κ2) is 2.36. The molecule has 0 aromatic heterocycles. The standard InChI is InChI=1S/C6H11NO2S/c1-7(2)6-3-4-10(8,9)5-6/h3-4,6H,5H2,1-2H3/t6-/m1/s1. The van der Waals surface area contributed by atoms with E-state index in [0.29, 0.717) is 0 Å². The van der Waals surface area contributed by atoms with Crippen LogP contribution in [0.1, 0.15) is 0 Å². The van der Waals surface area contributed by atoms with Crippen LogP contribution in [0.25, 0.3) is 0 Å². The van der Waals surface area contributed by atoms with E-state index < -0.39 is 9.84 Å². The molecule has 0 aromatic carbocycles. The number of hydrogen-bond acceptors (Lipinski definition) is 3. The summed E-state index contributed by atoms with van der Waals surface area (Å²) in [6.07, 6.45) is 1.72. The number of likely N-dealkylation sites (N-methyl/N-ethyl adjacent to an activating group) is 1. The van der Waals surface area contributed by atoms with Crippen LogP contribution in [0, 0.1) is 0 Å². The van der Waals surface area contributed by atoms with E-state index in [1.807, 2.05) is 19.0 Å². The molecule has 0 fully saturated rings. The van der Waals surface area contributed by atoms with Gasteiger partial charge in [0.05, 0.1) is 5.75 Å². The lowest BCUT2D eigenvalue weighted by atomic mass is 10.3. The van der Waals surface area contributed by atoms with Gasteiger partial charge in [0.25, 0.3) is 0 Å². The van der Waals surface area contributed by atoms with Gasteiger partial charge in [0.15, 0.2) is 9.84 Å². The summed E-state index contributed by atoms with van der Waals surface area (Å²) >= 11 is 0. The van der Waals surface area contributed by atoms with E-state index in [-0.39, 0.29) is 11.8 Å². The highest BCUT2D eigenvalue weighted by molar-refractivity contribution is 7.94. The van der Waals surface area contributed by atoms with Gasteiger partial charge in [-0.1, -0.05) is 6.08 Å². The molecule has 3 nitrogen and oxygen atoms in total. The molecule has 58 valence electrons. The van der Waals surface area contributed by atoms with Gasteiger partial charge < -0.3 is 4.90 Å². The average molecular weight is 161 g/mol. The van der Waals surface area contributed by atoms with Crippen molar-refractivity contribution >= 4 is 9.84 Å². The Hall–Kier alpha value is -0.350. The summed E-state index contributed by atoms with van der Waals surface area (Å²) in [6, 6.07) is 0.0741. The van der Waals surface area contributed by atoms with Crippen molar-refractivity contribution in [3.8, 4) is 0 Å². The van der Waals surface area contributed by atoms with Crippen molar-refractivity contribution in [2.75, 3.05) is 19.8 Å². The van der Waals surface area contributed by atoms with Crippen molar-refractivity contribution in [3.05, 3.63) is 11.5 Å². The average Bonchev–Trinajstić information content (AvgIpc) is 2.10. The van der Waals surface area contributed by atoms with Crippen LogP contribution in [0.2, 0.25) is 0 Å². The third kappa shape index (κ3) is 1.58. The fraction of sp³-hybridized carbons (Fsp3) is 0.667. The Morgan fingerprint density at radius 3 is 2.30 bits per heavy atom. The highest BCUT2D eigenvalue weighted by Crippen LogP contribution is 2.11. The third-order valence-electron chi connectivity index (χ3n) is 1.57. The molecule has 1 aliphatic rings. The molecule has 0 amide bonds. The topological polar surface area (TPSA) is 37.4 Å². The predicted molar refractivity (Wildman–Crippen MR) is 40.4 cm³/mol. The Labute approximate surface area is 61.3 Å². The molecule has 0 bridgehead atoms. The van der Waals surface area contributed by atoms with E-state index in [9.17, 15) is 8.42 Å². The van der Waals surface area contributed by atoms with Crippen LogP contribution in [0.5, 0.6) is 0 Å². The van der Waals surface area contributed by atoms with E-state index in [4.69, 9.17) is 0 Å². The lowest BCUT2D eigenvalue weighted by Gasteiger charge is -2.14. The molecule has 0 radical (unpaired) electrons. The van der Waals surface area contributed by atoms with Gasteiger partial charge in [0.1, 0.15) is 0 Å².